The SMILES string of the molecule is CCNC(=O)[C@@H](Cc1ccccc1)N(Cc1cccc(Cl)c1)C(=O)Cc1ccc(C)c(C)c1. The van der Waals surface area contributed by atoms with Gasteiger partial charge in [0.2, 0.25) is 11.8 Å². The molecular formula is C28H31ClN2O2. The summed E-state index contributed by atoms with van der Waals surface area (Å²) in [5.41, 5.74) is 5.16. The summed E-state index contributed by atoms with van der Waals surface area (Å²) in [7, 11) is 0. The lowest BCUT2D eigenvalue weighted by Crippen LogP contribution is -2.50. The molecule has 33 heavy (non-hydrogen) atoms. The zero-order valence-corrected chi connectivity index (χ0v) is 20.2. The van der Waals surface area contributed by atoms with Gasteiger partial charge in [-0.2, -0.15) is 0 Å². The first-order chi connectivity index (χ1) is 15.9. The van der Waals surface area contributed by atoms with Crippen LogP contribution in [0.5, 0.6) is 0 Å². The predicted octanol–water partition coefficient (Wildman–Crippen LogP) is 5.28. The molecule has 0 aliphatic carbocycles. The van der Waals surface area contributed by atoms with E-state index < -0.39 is 6.04 Å². The zero-order valence-electron chi connectivity index (χ0n) is 19.5. The Morgan fingerprint density at radius 1 is 0.879 bits per heavy atom. The van der Waals surface area contributed by atoms with Crippen LogP contribution >= 0.6 is 11.6 Å². The van der Waals surface area contributed by atoms with E-state index in [0.29, 0.717) is 24.5 Å². The molecule has 1 atom stereocenters. The summed E-state index contributed by atoms with van der Waals surface area (Å²) in [4.78, 5) is 28.5. The third-order valence-electron chi connectivity index (χ3n) is 5.79. The van der Waals surface area contributed by atoms with Crippen LogP contribution in [0.1, 0.15) is 34.7 Å². The van der Waals surface area contributed by atoms with Crippen LogP contribution in [0.2, 0.25) is 5.02 Å². The molecule has 0 saturated heterocycles. The summed E-state index contributed by atoms with van der Waals surface area (Å²) in [5, 5.41) is 3.52. The largest absolute Gasteiger partial charge is 0.355 e. The van der Waals surface area contributed by atoms with Crippen LogP contribution in [-0.2, 0) is 29.0 Å². The Morgan fingerprint density at radius 2 is 1.61 bits per heavy atom. The van der Waals surface area contributed by atoms with Crippen LogP contribution in [0.25, 0.3) is 0 Å². The summed E-state index contributed by atoms with van der Waals surface area (Å²) in [5.74, 6) is -0.248. The number of carbonyl (C=O) groups excluding carboxylic acids is 2. The first kappa shape index (κ1) is 24.5. The Labute approximate surface area is 201 Å². The third kappa shape index (κ3) is 6.93. The Morgan fingerprint density at radius 3 is 2.27 bits per heavy atom. The van der Waals surface area contributed by atoms with Crippen LogP contribution in [0.3, 0.4) is 0 Å². The number of rotatable bonds is 9. The van der Waals surface area contributed by atoms with Crippen molar-refractivity contribution in [1.82, 2.24) is 10.2 Å². The molecule has 0 unspecified atom stereocenters. The molecule has 2 amide bonds. The molecule has 0 spiro atoms. The summed E-state index contributed by atoms with van der Waals surface area (Å²) in [6, 6.07) is 22.7. The van der Waals surface area contributed by atoms with Crippen LogP contribution in [-0.4, -0.2) is 29.3 Å². The lowest BCUT2D eigenvalue weighted by atomic mass is 10.00. The molecule has 1 N–H and O–H groups in total. The second-order valence-corrected chi connectivity index (χ2v) is 8.78. The minimum atomic E-state index is -0.634. The fourth-order valence-corrected chi connectivity index (χ4v) is 4.08. The van der Waals surface area contributed by atoms with E-state index in [9.17, 15) is 9.59 Å². The monoisotopic (exact) mass is 462 g/mol. The average molecular weight is 463 g/mol. The number of aryl methyl sites for hydroxylation is 2. The Kier molecular flexibility index (Phi) is 8.67. The van der Waals surface area contributed by atoms with Crippen molar-refractivity contribution in [2.24, 2.45) is 0 Å². The summed E-state index contributed by atoms with van der Waals surface area (Å²) < 4.78 is 0. The molecule has 0 aliphatic heterocycles. The van der Waals surface area contributed by atoms with Crippen LogP contribution < -0.4 is 5.32 Å². The molecule has 3 aromatic carbocycles. The number of benzene rings is 3. The lowest BCUT2D eigenvalue weighted by molar-refractivity contribution is -0.140. The molecule has 3 aromatic rings. The molecule has 0 bridgehead atoms. The molecule has 0 aliphatic rings. The number of carbonyl (C=O) groups is 2. The van der Waals surface area contributed by atoms with E-state index in [1.54, 1.807) is 11.0 Å². The van der Waals surface area contributed by atoms with Gasteiger partial charge >= 0.3 is 0 Å². The highest BCUT2D eigenvalue weighted by Gasteiger charge is 2.30. The number of hydrogen-bond acceptors (Lipinski definition) is 2. The quantitative estimate of drug-likeness (QED) is 0.470. The molecule has 4 nitrogen and oxygen atoms in total. The van der Waals surface area contributed by atoms with Crippen LogP contribution in [0, 0.1) is 13.8 Å². The fourth-order valence-electron chi connectivity index (χ4n) is 3.87. The standard InChI is InChI=1S/C28H31ClN2O2/c1-4-30-28(33)26(17-22-9-6-5-7-10-22)31(19-24-11-8-12-25(29)16-24)27(32)18-23-14-13-20(2)21(3)15-23/h5-16,26H,4,17-19H2,1-3H3,(H,30,33)/t26-/m1/s1. The molecule has 0 radical (unpaired) electrons. The molecular weight excluding hydrogens is 432 g/mol. The summed E-state index contributed by atoms with van der Waals surface area (Å²) in [6.07, 6.45) is 0.665. The van der Waals surface area contributed by atoms with E-state index in [1.165, 1.54) is 5.56 Å². The van der Waals surface area contributed by atoms with E-state index in [2.05, 4.69) is 12.2 Å². The second kappa shape index (κ2) is 11.7. The van der Waals surface area contributed by atoms with Gasteiger partial charge < -0.3 is 10.2 Å². The molecule has 0 heterocycles. The number of nitrogens with zero attached hydrogens (tertiary/aromatic N) is 1. The normalized spacial score (nSPS) is 11.6. The number of halogens is 1. The zero-order chi connectivity index (χ0) is 23.8. The topological polar surface area (TPSA) is 49.4 Å². The smallest absolute Gasteiger partial charge is 0.243 e. The van der Waals surface area contributed by atoms with Gasteiger partial charge in [0, 0.05) is 24.5 Å². The van der Waals surface area contributed by atoms with Gasteiger partial charge in [-0.1, -0.05) is 72.3 Å². The van der Waals surface area contributed by atoms with E-state index in [4.69, 9.17) is 11.6 Å². The fraction of sp³-hybridized carbons (Fsp3) is 0.286. The van der Waals surface area contributed by atoms with Crippen molar-refractivity contribution >= 4 is 23.4 Å². The number of amides is 2. The van der Waals surface area contributed by atoms with Crippen molar-refractivity contribution in [2.45, 2.75) is 46.2 Å². The molecule has 172 valence electrons. The molecule has 0 fully saturated rings. The molecule has 5 heteroatoms. The second-order valence-electron chi connectivity index (χ2n) is 8.35. The minimum absolute atomic E-state index is 0.0922. The number of hydrogen-bond donors (Lipinski definition) is 1. The highest BCUT2D eigenvalue weighted by molar-refractivity contribution is 6.30. The maximum Gasteiger partial charge on any atom is 0.243 e. The van der Waals surface area contributed by atoms with Gasteiger partial charge in [0.1, 0.15) is 6.04 Å². The summed E-state index contributed by atoms with van der Waals surface area (Å²) >= 11 is 6.21. The van der Waals surface area contributed by atoms with E-state index in [0.717, 1.165) is 22.3 Å². The number of nitrogens with one attached hydrogen (secondary N) is 1. The van der Waals surface area contributed by atoms with Gasteiger partial charge in [0.05, 0.1) is 6.42 Å². The van der Waals surface area contributed by atoms with Gasteiger partial charge in [-0.25, -0.2) is 0 Å². The maximum atomic E-state index is 13.7. The van der Waals surface area contributed by atoms with Gasteiger partial charge in [-0.05, 0) is 60.7 Å². The predicted molar refractivity (Wildman–Crippen MR) is 134 cm³/mol. The van der Waals surface area contributed by atoms with Gasteiger partial charge in [-0.3, -0.25) is 9.59 Å². The Hall–Kier alpha value is -3.11. The van der Waals surface area contributed by atoms with Gasteiger partial charge in [0.15, 0.2) is 0 Å². The van der Waals surface area contributed by atoms with E-state index >= 15 is 0 Å². The van der Waals surface area contributed by atoms with Gasteiger partial charge in [0.25, 0.3) is 0 Å². The highest BCUT2D eigenvalue weighted by Crippen LogP contribution is 2.19. The first-order valence-electron chi connectivity index (χ1n) is 11.3. The van der Waals surface area contributed by atoms with Crippen LogP contribution in [0.15, 0.2) is 72.8 Å². The summed E-state index contributed by atoms with van der Waals surface area (Å²) in [6.45, 7) is 6.78. The third-order valence-corrected chi connectivity index (χ3v) is 6.03. The van der Waals surface area contributed by atoms with E-state index in [-0.39, 0.29) is 18.2 Å². The Balaban J connectivity index is 1.96. The van der Waals surface area contributed by atoms with Gasteiger partial charge in [-0.15, -0.1) is 0 Å². The lowest BCUT2D eigenvalue weighted by Gasteiger charge is -2.31. The highest BCUT2D eigenvalue weighted by atomic mass is 35.5. The van der Waals surface area contributed by atoms with E-state index in [1.807, 2.05) is 80.6 Å². The maximum absolute atomic E-state index is 13.7. The van der Waals surface area contributed by atoms with Crippen molar-refractivity contribution in [1.29, 1.82) is 0 Å². The van der Waals surface area contributed by atoms with Crippen molar-refractivity contribution in [3.8, 4) is 0 Å². The van der Waals surface area contributed by atoms with Crippen molar-refractivity contribution in [2.75, 3.05) is 6.54 Å². The van der Waals surface area contributed by atoms with Crippen LogP contribution in [0.4, 0.5) is 0 Å². The first-order valence-corrected chi connectivity index (χ1v) is 11.7. The molecule has 3 rings (SSSR count). The average Bonchev–Trinajstić information content (AvgIpc) is 2.79. The molecule has 0 saturated carbocycles. The molecule has 0 aromatic heterocycles. The Bertz CT molecular complexity index is 1100. The van der Waals surface area contributed by atoms with Crippen molar-refractivity contribution in [3.05, 3.63) is 106 Å². The van der Waals surface area contributed by atoms with Crippen molar-refractivity contribution in [3.63, 3.8) is 0 Å². The minimum Gasteiger partial charge on any atom is -0.355 e. The van der Waals surface area contributed by atoms with Crippen molar-refractivity contribution < 1.29 is 9.59 Å². The number of likely N-dealkylation sites (N-methyl/N-ethyl adjacent to an activating group) is 1.